The maximum atomic E-state index is 11.6. The van der Waals surface area contributed by atoms with Crippen molar-refractivity contribution in [1.82, 2.24) is 15.5 Å². The summed E-state index contributed by atoms with van der Waals surface area (Å²) in [6.07, 6.45) is 5.00. The second-order valence-corrected chi connectivity index (χ2v) is 7.43. The standard InChI is InChI=1S/C16H30N4O2/c1-15(2,3)22-14(21)19-10-9-18-13(17-4)20-11-8-16(12-20)6-5-7-16/h5-12H2,1-4H3,(H,17,18)(H,19,21). The van der Waals surface area contributed by atoms with E-state index in [4.69, 9.17) is 4.74 Å². The molecule has 0 aromatic heterocycles. The van der Waals surface area contributed by atoms with E-state index in [1.807, 2.05) is 27.8 Å². The molecule has 126 valence electrons. The molecule has 0 aromatic carbocycles. The van der Waals surface area contributed by atoms with Crippen LogP contribution in [-0.2, 0) is 4.74 Å². The van der Waals surface area contributed by atoms with Gasteiger partial charge in [-0.2, -0.15) is 0 Å². The van der Waals surface area contributed by atoms with E-state index >= 15 is 0 Å². The Labute approximate surface area is 133 Å². The molecule has 0 radical (unpaired) electrons. The number of hydrogen-bond donors (Lipinski definition) is 2. The van der Waals surface area contributed by atoms with Crippen molar-refractivity contribution in [3.8, 4) is 0 Å². The predicted octanol–water partition coefficient (Wildman–Crippen LogP) is 1.96. The molecule has 6 heteroatoms. The lowest BCUT2D eigenvalue weighted by Gasteiger charge is -2.38. The van der Waals surface area contributed by atoms with E-state index in [1.54, 1.807) is 0 Å². The molecule has 0 bridgehead atoms. The molecule has 1 spiro atoms. The molecule has 1 saturated carbocycles. The quantitative estimate of drug-likeness (QED) is 0.475. The summed E-state index contributed by atoms with van der Waals surface area (Å²) in [6, 6.07) is 0. The monoisotopic (exact) mass is 310 g/mol. The molecule has 22 heavy (non-hydrogen) atoms. The molecule has 2 N–H and O–H groups in total. The van der Waals surface area contributed by atoms with Crippen molar-refractivity contribution in [3.63, 3.8) is 0 Å². The zero-order chi connectivity index (χ0) is 16.2. The third-order valence-electron chi connectivity index (χ3n) is 4.44. The van der Waals surface area contributed by atoms with E-state index in [0.29, 0.717) is 18.5 Å². The molecule has 1 aliphatic heterocycles. The summed E-state index contributed by atoms with van der Waals surface area (Å²) in [5.74, 6) is 0.940. The Morgan fingerprint density at radius 1 is 1.23 bits per heavy atom. The SMILES string of the molecule is CN=C(NCCNC(=O)OC(C)(C)C)N1CCC2(CCC2)C1. The second-order valence-electron chi connectivity index (χ2n) is 7.43. The molecule has 2 fully saturated rings. The van der Waals surface area contributed by atoms with Crippen LogP contribution in [0.5, 0.6) is 0 Å². The normalized spacial score (nSPS) is 20.7. The van der Waals surface area contributed by atoms with Crippen molar-refractivity contribution in [1.29, 1.82) is 0 Å². The van der Waals surface area contributed by atoms with E-state index in [2.05, 4.69) is 20.5 Å². The summed E-state index contributed by atoms with van der Waals surface area (Å²) in [5.41, 5.74) is 0.104. The Morgan fingerprint density at radius 2 is 1.91 bits per heavy atom. The van der Waals surface area contributed by atoms with Gasteiger partial charge in [0.15, 0.2) is 5.96 Å². The summed E-state index contributed by atoms with van der Waals surface area (Å²) in [7, 11) is 1.81. The number of ether oxygens (including phenoxy) is 1. The molecule has 6 nitrogen and oxygen atoms in total. The number of guanidine groups is 1. The van der Waals surface area contributed by atoms with E-state index in [9.17, 15) is 4.79 Å². The number of carbonyl (C=O) groups is 1. The van der Waals surface area contributed by atoms with Crippen LogP contribution in [-0.4, -0.2) is 55.8 Å². The minimum Gasteiger partial charge on any atom is -0.444 e. The van der Waals surface area contributed by atoms with Crippen LogP contribution in [0.25, 0.3) is 0 Å². The van der Waals surface area contributed by atoms with Gasteiger partial charge in [-0.15, -0.1) is 0 Å². The molecule has 0 atom stereocenters. The third kappa shape index (κ3) is 4.52. The fraction of sp³-hybridized carbons (Fsp3) is 0.875. The van der Waals surface area contributed by atoms with Gasteiger partial charge in [0.1, 0.15) is 5.60 Å². The van der Waals surface area contributed by atoms with Gasteiger partial charge in [0, 0.05) is 33.2 Å². The van der Waals surface area contributed by atoms with Crippen LogP contribution in [0.2, 0.25) is 0 Å². The first-order chi connectivity index (χ1) is 10.3. The molecule has 0 aromatic rings. The average Bonchev–Trinajstić information content (AvgIpc) is 2.82. The Hall–Kier alpha value is -1.46. The highest BCUT2D eigenvalue weighted by Crippen LogP contribution is 2.47. The number of aliphatic imine (C=N–C) groups is 1. The van der Waals surface area contributed by atoms with Crippen LogP contribution >= 0.6 is 0 Å². The minimum absolute atomic E-state index is 0.376. The van der Waals surface area contributed by atoms with Crippen molar-refractivity contribution < 1.29 is 9.53 Å². The Kier molecular flexibility index (Phi) is 5.19. The summed E-state index contributed by atoms with van der Waals surface area (Å²) < 4.78 is 5.20. The number of likely N-dealkylation sites (tertiary alicyclic amines) is 1. The molecule has 2 rings (SSSR count). The first kappa shape index (κ1) is 16.9. The highest BCUT2D eigenvalue weighted by molar-refractivity contribution is 5.80. The molecule has 0 unspecified atom stereocenters. The topological polar surface area (TPSA) is 66.0 Å². The van der Waals surface area contributed by atoms with E-state index < -0.39 is 5.60 Å². The molecule has 1 heterocycles. The number of nitrogens with zero attached hydrogens (tertiary/aromatic N) is 2. The largest absolute Gasteiger partial charge is 0.444 e. The van der Waals surface area contributed by atoms with Crippen LogP contribution < -0.4 is 10.6 Å². The Bertz CT molecular complexity index is 424. The number of nitrogens with one attached hydrogen (secondary N) is 2. The predicted molar refractivity (Wildman–Crippen MR) is 88.1 cm³/mol. The summed E-state index contributed by atoms with van der Waals surface area (Å²) in [6.45, 7) is 8.94. The van der Waals surface area contributed by atoms with Crippen molar-refractivity contribution in [2.75, 3.05) is 33.2 Å². The van der Waals surface area contributed by atoms with Crippen molar-refractivity contribution in [3.05, 3.63) is 0 Å². The first-order valence-corrected chi connectivity index (χ1v) is 8.26. The van der Waals surface area contributed by atoms with Crippen molar-refractivity contribution in [2.45, 2.75) is 52.1 Å². The highest BCUT2D eigenvalue weighted by Gasteiger charge is 2.43. The number of rotatable bonds is 3. The molecule has 1 aliphatic carbocycles. The first-order valence-electron chi connectivity index (χ1n) is 8.26. The van der Waals surface area contributed by atoms with E-state index in [1.165, 1.54) is 25.7 Å². The lowest BCUT2D eigenvalue weighted by molar-refractivity contribution is 0.0529. The molecule has 1 saturated heterocycles. The van der Waals surface area contributed by atoms with E-state index in [-0.39, 0.29) is 6.09 Å². The van der Waals surface area contributed by atoms with Crippen LogP contribution in [0.3, 0.4) is 0 Å². The number of hydrogen-bond acceptors (Lipinski definition) is 3. The van der Waals surface area contributed by atoms with Gasteiger partial charge < -0.3 is 20.3 Å². The number of amides is 1. The summed E-state index contributed by atoms with van der Waals surface area (Å²) in [4.78, 5) is 18.3. The second kappa shape index (κ2) is 6.75. The van der Waals surface area contributed by atoms with Gasteiger partial charge in [-0.1, -0.05) is 6.42 Å². The molecule has 1 amide bonds. The van der Waals surface area contributed by atoms with E-state index in [0.717, 1.165) is 19.0 Å². The van der Waals surface area contributed by atoms with Gasteiger partial charge >= 0.3 is 6.09 Å². The lowest BCUT2D eigenvalue weighted by atomic mass is 9.68. The fourth-order valence-electron chi connectivity index (χ4n) is 3.19. The maximum Gasteiger partial charge on any atom is 0.407 e. The van der Waals surface area contributed by atoms with Gasteiger partial charge in [-0.3, -0.25) is 4.99 Å². The van der Waals surface area contributed by atoms with Crippen LogP contribution in [0.1, 0.15) is 46.5 Å². The minimum atomic E-state index is -0.458. The van der Waals surface area contributed by atoms with Crippen molar-refractivity contribution in [2.24, 2.45) is 10.4 Å². The Morgan fingerprint density at radius 3 is 2.41 bits per heavy atom. The van der Waals surface area contributed by atoms with Crippen LogP contribution in [0.4, 0.5) is 4.79 Å². The van der Waals surface area contributed by atoms with Crippen molar-refractivity contribution >= 4 is 12.1 Å². The van der Waals surface area contributed by atoms with Gasteiger partial charge in [0.25, 0.3) is 0 Å². The molecular weight excluding hydrogens is 280 g/mol. The Balaban J connectivity index is 1.66. The lowest BCUT2D eigenvalue weighted by Crippen LogP contribution is -2.45. The van der Waals surface area contributed by atoms with Gasteiger partial charge in [0.05, 0.1) is 0 Å². The van der Waals surface area contributed by atoms with Crippen LogP contribution in [0, 0.1) is 5.41 Å². The zero-order valence-corrected chi connectivity index (χ0v) is 14.4. The molecule has 2 aliphatic rings. The zero-order valence-electron chi connectivity index (χ0n) is 14.4. The van der Waals surface area contributed by atoms with Gasteiger partial charge in [-0.25, -0.2) is 4.79 Å². The maximum absolute atomic E-state index is 11.6. The van der Waals surface area contributed by atoms with Gasteiger partial charge in [0.2, 0.25) is 0 Å². The highest BCUT2D eigenvalue weighted by atomic mass is 16.6. The average molecular weight is 310 g/mol. The molecular formula is C16H30N4O2. The van der Waals surface area contributed by atoms with Gasteiger partial charge in [-0.05, 0) is 45.4 Å². The summed E-state index contributed by atoms with van der Waals surface area (Å²) in [5, 5.41) is 6.07. The fourth-order valence-corrected chi connectivity index (χ4v) is 3.19. The smallest absolute Gasteiger partial charge is 0.407 e. The van der Waals surface area contributed by atoms with Crippen LogP contribution in [0.15, 0.2) is 4.99 Å². The third-order valence-corrected chi connectivity index (χ3v) is 4.44. The number of carbonyl (C=O) groups excluding carboxylic acids is 1. The summed E-state index contributed by atoms with van der Waals surface area (Å²) >= 11 is 0. The number of alkyl carbamates (subject to hydrolysis) is 1.